The van der Waals surface area contributed by atoms with E-state index in [9.17, 15) is 15.0 Å². The van der Waals surface area contributed by atoms with Crippen LogP contribution in [0.2, 0.25) is 0 Å². The van der Waals surface area contributed by atoms with Crippen molar-refractivity contribution in [1.29, 1.82) is 0 Å². The summed E-state index contributed by atoms with van der Waals surface area (Å²) in [6, 6.07) is 19.5. The zero-order chi connectivity index (χ0) is 41.3. The highest BCUT2D eigenvalue weighted by Gasteiger charge is 2.65. The number of hydrogen-bond donors (Lipinski definition) is 2. The lowest BCUT2D eigenvalue weighted by Gasteiger charge is -2.60. The van der Waals surface area contributed by atoms with Crippen LogP contribution in [0.15, 0.2) is 103 Å². The molecule has 0 spiro atoms. The maximum absolute atomic E-state index is 14.6. The Kier molecular flexibility index (Phi) is 14.4. The molecule has 312 valence electrons. The van der Waals surface area contributed by atoms with Crippen LogP contribution in [-0.4, -0.2) is 77.4 Å². The van der Waals surface area contributed by atoms with Gasteiger partial charge in [-0.15, -0.1) is 6.58 Å². The maximum atomic E-state index is 14.6. The molecule has 6 unspecified atom stereocenters. The van der Waals surface area contributed by atoms with Crippen LogP contribution in [-0.2, 0) is 20.9 Å². The van der Waals surface area contributed by atoms with Crippen LogP contribution < -0.4 is 9.47 Å². The zero-order valence-electron chi connectivity index (χ0n) is 34.7. The van der Waals surface area contributed by atoms with Crippen molar-refractivity contribution in [3.63, 3.8) is 0 Å². The molecule has 10 heteroatoms. The monoisotopic (exact) mass is 794 g/mol. The van der Waals surface area contributed by atoms with Crippen LogP contribution in [0.4, 0.5) is 4.79 Å². The first-order valence-electron chi connectivity index (χ1n) is 21.0. The smallest absolute Gasteiger partial charge is 0.410 e. The molecule has 0 radical (unpaired) electrons. The number of allylic oxidation sites excluding steroid dienone is 1. The Hall–Kier alpha value is -4.64. The third kappa shape index (κ3) is 9.30. The molecule has 1 aliphatic heterocycles. The summed E-state index contributed by atoms with van der Waals surface area (Å²) in [5.74, 6) is -0.494. The van der Waals surface area contributed by atoms with Crippen LogP contribution in [0, 0.1) is 17.8 Å². The average Bonchev–Trinajstić information content (AvgIpc) is 3.21. The third-order valence-electron chi connectivity index (χ3n) is 11.5. The van der Waals surface area contributed by atoms with E-state index in [2.05, 4.69) is 49.6 Å². The molecule has 0 saturated heterocycles. The van der Waals surface area contributed by atoms with E-state index in [4.69, 9.17) is 28.9 Å². The number of nitrogens with zero attached hydrogens (tertiary/aromatic N) is 2. The molecule has 6 rings (SSSR count). The van der Waals surface area contributed by atoms with Gasteiger partial charge in [-0.25, -0.2) is 4.79 Å². The van der Waals surface area contributed by atoms with Gasteiger partial charge in [0.25, 0.3) is 0 Å². The van der Waals surface area contributed by atoms with Gasteiger partial charge in [-0.2, -0.15) is 0 Å². The Balaban J connectivity index is 1.63. The van der Waals surface area contributed by atoms with E-state index >= 15 is 0 Å². The van der Waals surface area contributed by atoms with E-state index in [0.29, 0.717) is 30.9 Å². The molecule has 10 nitrogen and oxygen atoms in total. The number of ether oxygens (including phenoxy) is 4. The van der Waals surface area contributed by atoms with E-state index in [1.807, 2.05) is 58.0 Å². The molecule has 1 heterocycles. The molecular formula is C48H62N2O8. The van der Waals surface area contributed by atoms with Crippen LogP contribution >= 0.6 is 0 Å². The minimum Gasteiger partial charge on any atom is -0.490 e. The summed E-state index contributed by atoms with van der Waals surface area (Å²) in [7, 11) is 0. The first-order chi connectivity index (χ1) is 28.1. The lowest BCUT2D eigenvalue weighted by atomic mass is 9.55. The summed E-state index contributed by atoms with van der Waals surface area (Å²) < 4.78 is 26.5. The highest BCUT2D eigenvalue weighted by molar-refractivity contribution is 6.03. The molecule has 58 heavy (non-hydrogen) atoms. The van der Waals surface area contributed by atoms with Crippen molar-refractivity contribution in [2.45, 2.75) is 103 Å². The van der Waals surface area contributed by atoms with Gasteiger partial charge in [0.1, 0.15) is 29.7 Å². The largest absolute Gasteiger partial charge is 0.490 e. The molecule has 1 amide bonds. The van der Waals surface area contributed by atoms with Gasteiger partial charge in [0.05, 0.1) is 31.4 Å². The van der Waals surface area contributed by atoms with Crippen molar-refractivity contribution in [3.8, 4) is 11.5 Å². The number of fused-ring (bicyclic) bond motifs is 3. The molecule has 3 aromatic rings. The molecule has 1 fully saturated rings. The Labute approximate surface area is 344 Å². The second-order valence-corrected chi connectivity index (χ2v) is 16.5. The lowest BCUT2D eigenvalue weighted by molar-refractivity contribution is -0.256. The molecule has 0 aromatic heterocycles. The van der Waals surface area contributed by atoms with Crippen LogP contribution in [0.5, 0.6) is 11.5 Å². The zero-order valence-corrected chi connectivity index (χ0v) is 34.7. The highest BCUT2D eigenvalue weighted by atomic mass is 16.7. The third-order valence-corrected chi connectivity index (χ3v) is 11.5. The number of carbonyl (C=O) groups is 1. The van der Waals surface area contributed by atoms with Crippen LogP contribution in [0.3, 0.4) is 0 Å². The van der Waals surface area contributed by atoms with Crippen molar-refractivity contribution in [3.05, 3.63) is 109 Å². The van der Waals surface area contributed by atoms with Crippen molar-refractivity contribution in [1.82, 2.24) is 4.90 Å². The van der Waals surface area contributed by atoms with Gasteiger partial charge >= 0.3 is 6.09 Å². The summed E-state index contributed by atoms with van der Waals surface area (Å²) in [6.07, 6.45) is 10.3. The summed E-state index contributed by atoms with van der Waals surface area (Å²) in [5.41, 5.74) is 3.06. The van der Waals surface area contributed by atoms with Gasteiger partial charge in [-0.05, 0) is 105 Å². The molecule has 1 saturated carbocycles. The predicted molar refractivity (Wildman–Crippen MR) is 228 cm³/mol. The number of benzene rings is 3. The average molecular weight is 795 g/mol. The summed E-state index contributed by atoms with van der Waals surface area (Å²) in [6.45, 7) is 16.8. The fraction of sp³-hybridized carbons (Fsp3) is 0.500. The Morgan fingerprint density at radius 1 is 0.983 bits per heavy atom. The number of amides is 1. The summed E-state index contributed by atoms with van der Waals surface area (Å²) >= 11 is 0. The fourth-order valence-corrected chi connectivity index (χ4v) is 9.21. The van der Waals surface area contributed by atoms with Gasteiger partial charge in [0.15, 0.2) is 0 Å². The molecular weight excluding hydrogens is 733 g/mol. The summed E-state index contributed by atoms with van der Waals surface area (Å²) in [5, 5.41) is 26.9. The van der Waals surface area contributed by atoms with Gasteiger partial charge in [0.2, 0.25) is 5.79 Å². The van der Waals surface area contributed by atoms with Crippen molar-refractivity contribution >= 4 is 22.6 Å². The SMILES string of the molecule is C=CCOc1ccc2c(c1)C1C(CCCCO)C(CCCCO)C=C3C(=NOC(C)(C)C)CC(N(Cc4cccc5ccccc45)C(=O)OCC)C(OCC=C)(O2)C31. The van der Waals surface area contributed by atoms with Crippen molar-refractivity contribution in [2.75, 3.05) is 33.0 Å². The Morgan fingerprint density at radius 2 is 1.72 bits per heavy atom. The van der Waals surface area contributed by atoms with Gasteiger partial charge in [-0.1, -0.05) is 85.3 Å². The molecule has 3 aliphatic rings. The fourth-order valence-electron chi connectivity index (χ4n) is 9.21. The number of unbranched alkanes of at least 4 members (excludes halogenated alkanes) is 2. The van der Waals surface area contributed by atoms with E-state index in [1.165, 1.54) is 0 Å². The van der Waals surface area contributed by atoms with E-state index in [1.54, 1.807) is 17.1 Å². The highest BCUT2D eigenvalue weighted by Crippen LogP contribution is 2.62. The second-order valence-electron chi connectivity index (χ2n) is 16.5. The predicted octanol–water partition coefficient (Wildman–Crippen LogP) is 9.50. The van der Waals surface area contributed by atoms with Gasteiger partial charge < -0.3 is 34.0 Å². The molecule has 2 N–H and O–H groups in total. The second kappa shape index (κ2) is 19.4. The van der Waals surface area contributed by atoms with Gasteiger partial charge in [-0.3, -0.25) is 4.90 Å². The Bertz CT molecular complexity index is 1950. The van der Waals surface area contributed by atoms with Crippen molar-refractivity contribution in [2.24, 2.45) is 22.9 Å². The molecule has 6 atom stereocenters. The number of carbonyl (C=O) groups excluding carboxylic acids is 1. The van der Waals surface area contributed by atoms with Crippen molar-refractivity contribution < 1.29 is 38.8 Å². The lowest BCUT2D eigenvalue weighted by Crippen LogP contribution is -2.70. The molecule has 2 aliphatic carbocycles. The first kappa shape index (κ1) is 43.0. The number of aliphatic hydroxyl groups is 2. The first-order valence-corrected chi connectivity index (χ1v) is 21.0. The maximum Gasteiger partial charge on any atom is 0.410 e. The Morgan fingerprint density at radius 3 is 2.45 bits per heavy atom. The van der Waals surface area contributed by atoms with Crippen LogP contribution in [0.25, 0.3) is 10.8 Å². The normalized spacial score (nSPS) is 24.2. The number of aliphatic hydroxyl groups excluding tert-OH is 2. The topological polar surface area (TPSA) is 119 Å². The quantitative estimate of drug-likeness (QED) is 0.0700. The standard InChI is InChI=1S/C48H62N2O8/c1-7-27-55-36-23-24-42-40(30-36)44-38(22-13-15-26-52)34(18-12-14-25-51)29-39-41(49-58-47(4,5)6)31-43(48(57-42,45(39)44)56-28-8-2)50(46(53)54-9-3)32-35-20-16-19-33-17-10-11-21-37(33)35/h7-8,10-11,16-17,19-21,23-24,29-30,34,38,43-45,51-52H,1-2,9,12-15,18,22,25-28,31-32H2,3-6H3. The number of oxime groups is 1. The van der Waals surface area contributed by atoms with E-state index in [0.717, 1.165) is 58.9 Å². The molecule has 0 bridgehead atoms. The minimum atomic E-state index is -1.41. The number of hydrogen-bond acceptors (Lipinski definition) is 9. The van der Waals surface area contributed by atoms with Gasteiger partial charge in [0, 0.05) is 31.1 Å². The van der Waals surface area contributed by atoms with E-state index < -0.39 is 29.4 Å². The minimum absolute atomic E-state index is 0.0839. The summed E-state index contributed by atoms with van der Waals surface area (Å²) in [4.78, 5) is 22.6. The molecule has 3 aromatic carbocycles. The number of rotatable bonds is 19. The van der Waals surface area contributed by atoms with E-state index in [-0.39, 0.29) is 57.1 Å². The van der Waals surface area contributed by atoms with Crippen LogP contribution in [0.1, 0.15) is 89.7 Å².